The molecule has 1 atom stereocenters. The van der Waals surface area contributed by atoms with Gasteiger partial charge in [0.25, 0.3) is 10.0 Å². The summed E-state index contributed by atoms with van der Waals surface area (Å²) in [6.07, 6.45) is 0.253. The SMILES string of the molecule is COc1ccc(C)cc1N(CC(=O)N(Cc1ccccc1)[C@@H](Cc1ccccc1)C(=O)NCC(C)C)S(=O)(=O)c1ccccc1. The predicted molar refractivity (Wildman–Crippen MR) is 177 cm³/mol. The van der Waals surface area contributed by atoms with E-state index in [0.717, 1.165) is 21.0 Å². The number of hydrogen-bond donors (Lipinski definition) is 1. The van der Waals surface area contributed by atoms with Gasteiger partial charge in [-0.1, -0.05) is 98.8 Å². The van der Waals surface area contributed by atoms with Crippen molar-refractivity contribution in [2.45, 2.75) is 44.7 Å². The molecule has 0 heterocycles. The average molecular weight is 628 g/mol. The van der Waals surface area contributed by atoms with Gasteiger partial charge in [0.1, 0.15) is 18.3 Å². The Labute approximate surface area is 266 Å². The van der Waals surface area contributed by atoms with Gasteiger partial charge < -0.3 is 15.0 Å². The molecule has 236 valence electrons. The maximum absolute atomic E-state index is 14.6. The number of nitrogens with zero attached hydrogens (tertiary/aromatic N) is 2. The average Bonchev–Trinajstić information content (AvgIpc) is 3.05. The van der Waals surface area contributed by atoms with E-state index in [-0.39, 0.29) is 35.4 Å². The summed E-state index contributed by atoms with van der Waals surface area (Å²) >= 11 is 0. The lowest BCUT2D eigenvalue weighted by Gasteiger charge is -2.34. The fraction of sp³-hybridized carbons (Fsp3) is 0.278. The second kappa shape index (κ2) is 15.4. The molecule has 0 spiro atoms. The van der Waals surface area contributed by atoms with Gasteiger partial charge in [-0.3, -0.25) is 13.9 Å². The van der Waals surface area contributed by atoms with E-state index in [9.17, 15) is 18.0 Å². The summed E-state index contributed by atoms with van der Waals surface area (Å²) in [6, 6.07) is 31.2. The molecule has 8 nitrogen and oxygen atoms in total. The molecular weight excluding hydrogens is 586 g/mol. The lowest BCUT2D eigenvalue weighted by Crippen LogP contribution is -2.53. The molecule has 4 rings (SSSR count). The molecule has 0 aliphatic rings. The number of ether oxygens (including phenoxy) is 1. The van der Waals surface area contributed by atoms with Crippen molar-refractivity contribution < 1.29 is 22.7 Å². The van der Waals surface area contributed by atoms with Gasteiger partial charge in [-0.05, 0) is 53.8 Å². The molecule has 0 fully saturated rings. The van der Waals surface area contributed by atoms with Gasteiger partial charge in [0.2, 0.25) is 11.8 Å². The van der Waals surface area contributed by atoms with Crippen LogP contribution in [0.15, 0.2) is 114 Å². The van der Waals surface area contributed by atoms with Gasteiger partial charge in [0.05, 0.1) is 17.7 Å². The smallest absolute Gasteiger partial charge is 0.264 e. The van der Waals surface area contributed by atoms with E-state index >= 15 is 0 Å². The van der Waals surface area contributed by atoms with Crippen LogP contribution in [0.25, 0.3) is 0 Å². The van der Waals surface area contributed by atoms with Crippen LogP contribution in [0.1, 0.15) is 30.5 Å². The monoisotopic (exact) mass is 627 g/mol. The first-order valence-electron chi connectivity index (χ1n) is 15.0. The molecule has 0 aliphatic carbocycles. The number of anilines is 1. The molecule has 0 aromatic heterocycles. The van der Waals surface area contributed by atoms with Gasteiger partial charge in [0, 0.05) is 19.5 Å². The first-order valence-corrected chi connectivity index (χ1v) is 16.4. The number of carbonyl (C=O) groups excluding carboxylic acids is 2. The minimum atomic E-state index is -4.23. The molecule has 0 saturated carbocycles. The zero-order chi connectivity index (χ0) is 32.4. The van der Waals surface area contributed by atoms with Gasteiger partial charge >= 0.3 is 0 Å². The van der Waals surface area contributed by atoms with Crippen molar-refractivity contribution in [1.82, 2.24) is 10.2 Å². The van der Waals surface area contributed by atoms with Crippen LogP contribution in [0.4, 0.5) is 5.69 Å². The summed E-state index contributed by atoms with van der Waals surface area (Å²) in [5.41, 5.74) is 2.72. The number of rotatable bonds is 14. The van der Waals surface area contributed by atoms with E-state index in [0.29, 0.717) is 12.3 Å². The first-order chi connectivity index (χ1) is 21.6. The maximum atomic E-state index is 14.6. The third-order valence-electron chi connectivity index (χ3n) is 7.36. The molecule has 0 saturated heterocycles. The third-order valence-corrected chi connectivity index (χ3v) is 9.14. The summed E-state index contributed by atoms with van der Waals surface area (Å²) in [7, 11) is -2.77. The molecule has 0 aliphatic heterocycles. The molecule has 0 bridgehead atoms. The van der Waals surface area contributed by atoms with Crippen molar-refractivity contribution >= 4 is 27.5 Å². The van der Waals surface area contributed by atoms with Crippen molar-refractivity contribution in [2.75, 3.05) is 24.5 Å². The number of hydrogen-bond acceptors (Lipinski definition) is 5. The van der Waals surface area contributed by atoms with E-state index in [2.05, 4.69) is 5.32 Å². The third kappa shape index (κ3) is 8.73. The van der Waals surface area contributed by atoms with Crippen LogP contribution < -0.4 is 14.4 Å². The van der Waals surface area contributed by atoms with Crippen LogP contribution in [0, 0.1) is 12.8 Å². The zero-order valence-corrected chi connectivity index (χ0v) is 27.0. The summed E-state index contributed by atoms with van der Waals surface area (Å²) in [5, 5.41) is 3.01. The number of carbonyl (C=O) groups is 2. The van der Waals surface area contributed by atoms with Crippen LogP contribution >= 0.6 is 0 Å². The fourth-order valence-electron chi connectivity index (χ4n) is 4.98. The first kappa shape index (κ1) is 33.3. The Balaban J connectivity index is 1.82. The largest absolute Gasteiger partial charge is 0.495 e. The van der Waals surface area contributed by atoms with Gasteiger partial charge in [-0.15, -0.1) is 0 Å². The van der Waals surface area contributed by atoms with E-state index in [4.69, 9.17) is 4.74 Å². The van der Waals surface area contributed by atoms with E-state index in [1.54, 1.807) is 30.3 Å². The lowest BCUT2D eigenvalue weighted by molar-refractivity contribution is -0.140. The second-order valence-corrected chi connectivity index (χ2v) is 13.2. The summed E-state index contributed by atoms with van der Waals surface area (Å²) in [4.78, 5) is 29.9. The second-order valence-electron chi connectivity index (χ2n) is 11.4. The highest BCUT2D eigenvalue weighted by Gasteiger charge is 2.35. The van der Waals surface area contributed by atoms with E-state index < -0.39 is 28.5 Å². The molecular formula is C36H41N3O5S. The highest BCUT2D eigenvalue weighted by atomic mass is 32.2. The summed E-state index contributed by atoms with van der Waals surface area (Å²) in [6.45, 7) is 5.84. The van der Waals surface area contributed by atoms with Crippen molar-refractivity contribution in [3.8, 4) is 5.75 Å². The molecule has 0 radical (unpaired) electrons. The topological polar surface area (TPSA) is 96.0 Å². The molecule has 4 aromatic rings. The molecule has 1 N–H and O–H groups in total. The van der Waals surface area contributed by atoms with Crippen LogP contribution in [0.3, 0.4) is 0 Å². The van der Waals surface area contributed by atoms with Crippen molar-refractivity contribution in [3.05, 3.63) is 126 Å². The normalized spacial score (nSPS) is 11.9. The minimum absolute atomic E-state index is 0.0338. The van der Waals surface area contributed by atoms with Crippen LogP contribution in [-0.2, 0) is 32.6 Å². The number of sulfonamides is 1. The van der Waals surface area contributed by atoms with Crippen molar-refractivity contribution in [1.29, 1.82) is 0 Å². The quantitative estimate of drug-likeness (QED) is 0.196. The van der Waals surface area contributed by atoms with Gasteiger partial charge in [-0.25, -0.2) is 8.42 Å². The summed E-state index contributed by atoms with van der Waals surface area (Å²) < 4.78 is 35.1. The molecule has 45 heavy (non-hydrogen) atoms. The van der Waals surface area contributed by atoms with Crippen LogP contribution in [-0.4, -0.2) is 51.4 Å². The Hall–Kier alpha value is -4.63. The van der Waals surface area contributed by atoms with Gasteiger partial charge in [-0.2, -0.15) is 0 Å². The van der Waals surface area contributed by atoms with Crippen molar-refractivity contribution in [3.63, 3.8) is 0 Å². The molecule has 2 amide bonds. The maximum Gasteiger partial charge on any atom is 0.264 e. The highest BCUT2D eigenvalue weighted by molar-refractivity contribution is 7.92. The van der Waals surface area contributed by atoms with E-state index in [1.807, 2.05) is 87.5 Å². The van der Waals surface area contributed by atoms with E-state index in [1.165, 1.54) is 24.1 Å². The minimum Gasteiger partial charge on any atom is -0.495 e. The Morgan fingerprint density at radius 1 is 0.822 bits per heavy atom. The zero-order valence-electron chi connectivity index (χ0n) is 26.2. The fourth-order valence-corrected chi connectivity index (χ4v) is 6.42. The van der Waals surface area contributed by atoms with Gasteiger partial charge in [0.15, 0.2) is 0 Å². The number of benzene rings is 4. The molecule has 4 aromatic carbocycles. The number of methoxy groups -OCH3 is 1. The Bertz CT molecular complexity index is 1660. The molecule has 9 heteroatoms. The lowest BCUT2D eigenvalue weighted by atomic mass is 10.0. The number of aryl methyl sites for hydroxylation is 1. The predicted octanol–water partition coefficient (Wildman–Crippen LogP) is 5.61. The molecule has 0 unspecified atom stereocenters. The Kier molecular flexibility index (Phi) is 11.4. The van der Waals surface area contributed by atoms with Crippen LogP contribution in [0.2, 0.25) is 0 Å². The number of amides is 2. The Morgan fingerprint density at radius 2 is 1.40 bits per heavy atom. The number of nitrogens with one attached hydrogen (secondary N) is 1. The standard InChI is InChI=1S/C36H41N3O5S/c1-27(2)24-37-36(41)33(23-29-14-8-5-9-15-29)38(25-30-16-10-6-11-17-30)35(40)26-39(32-22-28(3)20-21-34(32)44-4)45(42,43)31-18-12-7-13-19-31/h5-22,27,33H,23-26H2,1-4H3,(H,37,41)/t33-/m0/s1. The van der Waals surface area contributed by atoms with Crippen LogP contribution in [0.5, 0.6) is 5.75 Å². The highest BCUT2D eigenvalue weighted by Crippen LogP contribution is 2.34. The summed E-state index contributed by atoms with van der Waals surface area (Å²) in [5.74, 6) is -0.326. The Morgan fingerprint density at radius 3 is 1.98 bits per heavy atom. The van der Waals surface area contributed by atoms with Crippen molar-refractivity contribution in [2.24, 2.45) is 5.92 Å².